The van der Waals surface area contributed by atoms with Gasteiger partial charge in [0.2, 0.25) is 6.79 Å². The summed E-state index contributed by atoms with van der Waals surface area (Å²) >= 11 is 6.10. The van der Waals surface area contributed by atoms with Gasteiger partial charge in [-0.2, -0.15) is 0 Å². The van der Waals surface area contributed by atoms with E-state index in [0.29, 0.717) is 27.8 Å². The number of amides is 3. The minimum atomic E-state index is -0.631. The van der Waals surface area contributed by atoms with E-state index < -0.39 is 6.03 Å². The number of fused-ring (bicyclic) bond motifs is 1. The number of halogens is 1. The number of carbonyl (C=O) groups excluding carboxylic acids is 2. The average molecular weight is 362 g/mol. The minimum absolute atomic E-state index is 0.0855. The number of hydrogen-bond donors (Lipinski definition) is 3. The zero-order valence-electron chi connectivity index (χ0n) is 13.3. The first-order valence-corrected chi connectivity index (χ1v) is 7.88. The van der Waals surface area contributed by atoms with E-state index in [9.17, 15) is 9.59 Å². The van der Waals surface area contributed by atoms with Crippen LogP contribution in [0, 0.1) is 0 Å². The quantitative estimate of drug-likeness (QED) is 0.778. The molecule has 25 heavy (non-hydrogen) atoms. The molecule has 1 atom stereocenters. The molecule has 130 valence electrons. The summed E-state index contributed by atoms with van der Waals surface area (Å²) in [5.74, 6) is 0.614. The third-order valence-corrected chi connectivity index (χ3v) is 4.00. The van der Waals surface area contributed by atoms with Crippen molar-refractivity contribution in [3.63, 3.8) is 0 Å². The number of ether oxygens (including phenoxy) is 2. The maximum absolute atomic E-state index is 12.5. The molecule has 4 N–H and O–H groups in total. The smallest absolute Gasteiger partial charge is 0.316 e. The largest absolute Gasteiger partial charge is 0.454 e. The number of nitrogens with two attached hydrogens (primary N) is 1. The Labute approximate surface area is 149 Å². The van der Waals surface area contributed by atoms with Crippen molar-refractivity contribution in [1.82, 2.24) is 5.32 Å². The van der Waals surface area contributed by atoms with Gasteiger partial charge in [-0.3, -0.25) is 4.79 Å². The standard InChI is InChI=1S/C17H16ClN3O4/c1-9(10-2-4-12(5-3-10)21-17(19)23)20-16(22)11-6-13(18)15-14(7-11)24-8-25-15/h2-7,9H,8H2,1H3,(H,20,22)(H3,19,21,23)/t9-/m1/s1. The zero-order chi connectivity index (χ0) is 18.0. The van der Waals surface area contributed by atoms with Gasteiger partial charge in [0.25, 0.3) is 5.91 Å². The van der Waals surface area contributed by atoms with Gasteiger partial charge in [0, 0.05) is 11.3 Å². The van der Waals surface area contributed by atoms with E-state index in [1.807, 2.05) is 6.92 Å². The Morgan fingerprint density at radius 3 is 2.60 bits per heavy atom. The highest BCUT2D eigenvalue weighted by molar-refractivity contribution is 6.32. The van der Waals surface area contributed by atoms with Gasteiger partial charge in [-0.1, -0.05) is 23.7 Å². The first-order chi connectivity index (χ1) is 11.9. The molecule has 1 aliphatic heterocycles. The number of nitrogens with one attached hydrogen (secondary N) is 2. The van der Waals surface area contributed by atoms with Crippen molar-refractivity contribution < 1.29 is 19.1 Å². The summed E-state index contributed by atoms with van der Waals surface area (Å²) in [6.45, 7) is 1.94. The molecule has 0 unspecified atom stereocenters. The van der Waals surface area contributed by atoms with Crippen molar-refractivity contribution in [2.45, 2.75) is 13.0 Å². The third kappa shape index (κ3) is 3.77. The highest BCUT2D eigenvalue weighted by Crippen LogP contribution is 2.39. The lowest BCUT2D eigenvalue weighted by molar-refractivity contribution is 0.0939. The molecule has 0 bridgehead atoms. The lowest BCUT2D eigenvalue weighted by Crippen LogP contribution is -2.26. The van der Waals surface area contributed by atoms with Crippen molar-refractivity contribution >= 4 is 29.2 Å². The number of urea groups is 1. The Hall–Kier alpha value is -2.93. The van der Waals surface area contributed by atoms with Gasteiger partial charge in [0.15, 0.2) is 11.5 Å². The molecule has 8 heteroatoms. The van der Waals surface area contributed by atoms with Crippen LogP contribution in [0.15, 0.2) is 36.4 Å². The first kappa shape index (κ1) is 16.9. The van der Waals surface area contributed by atoms with Crippen LogP contribution in [0.2, 0.25) is 5.02 Å². The van der Waals surface area contributed by atoms with Crippen molar-refractivity contribution in [1.29, 1.82) is 0 Å². The Balaban J connectivity index is 1.70. The fourth-order valence-corrected chi connectivity index (χ4v) is 2.72. The minimum Gasteiger partial charge on any atom is -0.454 e. The van der Waals surface area contributed by atoms with Crippen molar-refractivity contribution in [2.24, 2.45) is 5.73 Å². The van der Waals surface area contributed by atoms with Crippen LogP contribution in [0.4, 0.5) is 10.5 Å². The Morgan fingerprint density at radius 2 is 1.92 bits per heavy atom. The molecule has 0 saturated carbocycles. The molecule has 1 aliphatic rings. The van der Waals surface area contributed by atoms with E-state index in [-0.39, 0.29) is 18.7 Å². The molecule has 0 aliphatic carbocycles. The number of benzene rings is 2. The second-order valence-electron chi connectivity index (χ2n) is 5.50. The molecule has 3 amide bonds. The lowest BCUT2D eigenvalue weighted by atomic mass is 10.1. The van der Waals surface area contributed by atoms with E-state index in [4.69, 9.17) is 26.8 Å². The Morgan fingerprint density at radius 1 is 1.20 bits per heavy atom. The molecule has 2 aromatic carbocycles. The summed E-state index contributed by atoms with van der Waals surface area (Å²) in [7, 11) is 0. The van der Waals surface area contributed by atoms with Crippen LogP contribution < -0.4 is 25.8 Å². The van der Waals surface area contributed by atoms with E-state index in [2.05, 4.69) is 10.6 Å². The van der Waals surface area contributed by atoms with Crippen LogP contribution in [0.3, 0.4) is 0 Å². The van der Waals surface area contributed by atoms with Crippen LogP contribution in [-0.2, 0) is 0 Å². The molecule has 2 aromatic rings. The second kappa shape index (κ2) is 6.90. The summed E-state index contributed by atoms with van der Waals surface area (Å²) in [5.41, 5.74) is 6.90. The number of anilines is 1. The fraction of sp³-hybridized carbons (Fsp3) is 0.176. The Kier molecular flexibility index (Phi) is 4.67. The topological polar surface area (TPSA) is 103 Å². The first-order valence-electron chi connectivity index (χ1n) is 7.50. The van der Waals surface area contributed by atoms with E-state index >= 15 is 0 Å². The highest BCUT2D eigenvalue weighted by Gasteiger charge is 2.21. The van der Waals surface area contributed by atoms with Gasteiger partial charge >= 0.3 is 6.03 Å². The SMILES string of the molecule is C[C@@H](NC(=O)c1cc(Cl)c2c(c1)OCO2)c1ccc(NC(N)=O)cc1. The van der Waals surface area contributed by atoms with E-state index in [0.717, 1.165) is 5.56 Å². The fourth-order valence-electron chi connectivity index (χ4n) is 2.46. The van der Waals surface area contributed by atoms with Crippen molar-refractivity contribution in [2.75, 3.05) is 12.1 Å². The predicted molar refractivity (Wildman–Crippen MR) is 93.1 cm³/mol. The second-order valence-corrected chi connectivity index (χ2v) is 5.91. The number of rotatable bonds is 4. The maximum atomic E-state index is 12.5. The number of carbonyl (C=O) groups is 2. The van der Waals surface area contributed by atoms with Gasteiger partial charge in [-0.25, -0.2) is 4.79 Å². The summed E-state index contributed by atoms with van der Waals surface area (Å²) in [4.78, 5) is 23.3. The molecule has 1 heterocycles. The van der Waals surface area contributed by atoms with Gasteiger partial charge in [0.1, 0.15) is 0 Å². The Bertz CT molecular complexity index is 823. The molecule has 0 aromatic heterocycles. The van der Waals surface area contributed by atoms with Gasteiger partial charge in [0.05, 0.1) is 11.1 Å². The van der Waals surface area contributed by atoms with E-state index in [1.54, 1.807) is 30.3 Å². The van der Waals surface area contributed by atoms with Crippen LogP contribution in [0.25, 0.3) is 0 Å². The van der Waals surface area contributed by atoms with Gasteiger partial charge in [-0.05, 0) is 36.8 Å². The molecule has 0 spiro atoms. The number of hydrogen-bond acceptors (Lipinski definition) is 4. The van der Waals surface area contributed by atoms with Crippen molar-refractivity contribution in [3.8, 4) is 11.5 Å². The molecular weight excluding hydrogens is 346 g/mol. The summed E-state index contributed by atoms with van der Waals surface area (Å²) in [6, 6.07) is 9.26. The molecular formula is C17H16ClN3O4. The van der Waals surface area contributed by atoms with Crippen LogP contribution in [0.5, 0.6) is 11.5 Å². The van der Waals surface area contributed by atoms with Gasteiger partial charge in [-0.15, -0.1) is 0 Å². The van der Waals surface area contributed by atoms with Crippen molar-refractivity contribution in [3.05, 3.63) is 52.5 Å². The molecule has 3 rings (SSSR count). The third-order valence-electron chi connectivity index (χ3n) is 3.72. The predicted octanol–water partition coefficient (Wildman–Crippen LogP) is 3.05. The van der Waals surface area contributed by atoms with Gasteiger partial charge < -0.3 is 25.8 Å². The summed E-state index contributed by atoms with van der Waals surface area (Å²) in [6.07, 6.45) is 0. The molecule has 7 nitrogen and oxygen atoms in total. The zero-order valence-corrected chi connectivity index (χ0v) is 14.1. The normalized spacial score (nSPS) is 13.2. The lowest BCUT2D eigenvalue weighted by Gasteiger charge is -2.15. The van der Waals surface area contributed by atoms with E-state index in [1.165, 1.54) is 6.07 Å². The van der Waals surface area contributed by atoms with Crippen LogP contribution in [0.1, 0.15) is 28.9 Å². The molecule has 0 radical (unpaired) electrons. The van der Waals surface area contributed by atoms with Crippen LogP contribution in [-0.4, -0.2) is 18.7 Å². The highest BCUT2D eigenvalue weighted by atomic mass is 35.5. The molecule has 0 fully saturated rings. The summed E-state index contributed by atoms with van der Waals surface area (Å²) in [5, 5.41) is 5.69. The maximum Gasteiger partial charge on any atom is 0.316 e. The molecule has 0 saturated heterocycles. The monoisotopic (exact) mass is 361 g/mol. The number of primary amides is 1. The van der Waals surface area contributed by atoms with Crippen LogP contribution >= 0.6 is 11.6 Å². The summed E-state index contributed by atoms with van der Waals surface area (Å²) < 4.78 is 10.5. The average Bonchev–Trinajstić information content (AvgIpc) is 3.04.